The summed E-state index contributed by atoms with van der Waals surface area (Å²) in [6, 6.07) is 29.2. The summed E-state index contributed by atoms with van der Waals surface area (Å²) >= 11 is 0. The molecule has 3 aromatic carbocycles. The van der Waals surface area contributed by atoms with Crippen molar-refractivity contribution in [2.45, 2.75) is 24.9 Å². The van der Waals surface area contributed by atoms with Crippen LogP contribution in [0.15, 0.2) is 104 Å². The Morgan fingerprint density at radius 1 is 0.844 bits per heavy atom. The first-order valence-electron chi connectivity index (χ1n) is 11.0. The predicted octanol–water partition coefficient (Wildman–Crippen LogP) is 4.73. The van der Waals surface area contributed by atoms with Crippen molar-refractivity contribution in [2.24, 2.45) is 0 Å². The van der Waals surface area contributed by atoms with Crippen molar-refractivity contribution in [1.29, 1.82) is 0 Å². The normalized spacial score (nSPS) is 19.0. The van der Waals surface area contributed by atoms with E-state index in [9.17, 15) is 9.59 Å². The number of hydrogen-bond acceptors (Lipinski definition) is 3. The van der Waals surface area contributed by atoms with Crippen LogP contribution in [0.5, 0.6) is 0 Å². The van der Waals surface area contributed by atoms with Crippen molar-refractivity contribution in [2.75, 3.05) is 13.1 Å². The van der Waals surface area contributed by atoms with E-state index in [0.717, 1.165) is 11.1 Å². The Hall–Kier alpha value is -3.50. The van der Waals surface area contributed by atoms with Gasteiger partial charge in [-0.1, -0.05) is 84.9 Å². The second-order valence-electron chi connectivity index (χ2n) is 8.22. The molecule has 0 spiro atoms. The van der Waals surface area contributed by atoms with Crippen LogP contribution in [0.2, 0.25) is 0 Å². The minimum absolute atomic E-state index is 0.155. The SMILES string of the molecule is C=CC[C@@]1(Cc2ccccc2)C(=O)N(C(=O)c2ccccc2)CCN1Cc1ccccc1. The van der Waals surface area contributed by atoms with Gasteiger partial charge in [-0.25, -0.2) is 0 Å². The summed E-state index contributed by atoms with van der Waals surface area (Å²) in [6.07, 6.45) is 2.78. The van der Waals surface area contributed by atoms with Crippen LogP contribution in [0.1, 0.15) is 27.9 Å². The van der Waals surface area contributed by atoms with Gasteiger partial charge < -0.3 is 0 Å². The zero-order valence-electron chi connectivity index (χ0n) is 18.2. The number of hydrogen-bond donors (Lipinski definition) is 0. The van der Waals surface area contributed by atoms with Gasteiger partial charge in [-0.15, -0.1) is 6.58 Å². The molecule has 3 aromatic rings. The summed E-state index contributed by atoms with van der Waals surface area (Å²) in [6.45, 7) is 5.58. The molecular weight excluding hydrogens is 396 g/mol. The van der Waals surface area contributed by atoms with Crippen LogP contribution >= 0.6 is 0 Å². The molecule has 0 N–H and O–H groups in total. The molecule has 4 rings (SSSR count). The molecular formula is C28H28N2O2. The molecule has 1 heterocycles. The van der Waals surface area contributed by atoms with Gasteiger partial charge in [0.05, 0.1) is 0 Å². The summed E-state index contributed by atoms with van der Waals surface area (Å²) in [7, 11) is 0. The van der Waals surface area contributed by atoms with E-state index in [1.165, 1.54) is 4.90 Å². The highest BCUT2D eigenvalue weighted by Crippen LogP contribution is 2.33. The molecule has 0 bridgehead atoms. The molecule has 1 aliphatic rings. The maximum atomic E-state index is 14.1. The molecule has 0 aromatic heterocycles. The average Bonchev–Trinajstić information content (AvgIpc) is 2.84. The number of carbonyl (C=O) groups is 2. The van der Waals surface area contributed by atoms with Gasteiger partial charge in [0, 0.05) is 31.6 Å². The number of amides is 2. The van der Waals surface area contributed by atoms with Crippen molar-refractivity contribution >= 4 is 11.8 Å². The van der Waals surface area contributed by atoms with Crippen molar-refractivity contribution in [3.63, 3.8) is 0 Å². The lowest BCUT2D eigenvalue weighted by Gasteiger charge is -2.49. The third-order valence-corrected chi connectivity index (χ3v) is 6.15. The van der Waals surface area contributed by atoms with E-state index in [0.29, 0.717) is 38.0 Å². The van der Waals surface area contributed by atoms with Crippen LogP contribution in [-0.2, 0) is 17.8 Å². The smallest absolute Gasteiger partial charge is 0.260 e. The number of imide groups is 1. The molecule has 1 aliphatic heterocycles. The summed E-state index contributed by atoms with van der Waals surface area (Å²) < 4.78 is 0. The first-order valence-corrected chi connectivity index (χ1v) is 11.0. The molecule has 162 valence electrons. The number of nitrogens with zero attached hydrogens (tertiary/aromatic N) is 2. The lowest BCUT2D eigenvalue weighted by atomic mass is 9.82. The fraction of sp³-hybridized carbons (Fsp3) is 0.214. The Bertz CT molecular complexity index is 1070. The van der Waals surface area contributed by atoms with Crippen LogP contribution < -0.4 is 0 Å². The van der Waals surface area contributed by atoms with Crippen molar-refractivity contribution in [3.8, 4) is 0 Å². The molecule has 1 atom stereocenters. The fourth-order valence-corrected chi connectivity index (χ4v) is 4.54. The van der Waals surface area contributed by atoms with Gasteiger partial charge in [-0.2, -0.15) is 0 Å². The number of piperazine rings is 1. The number of carbonyl (C=O) groups excluding carboxylic acids is 2. The third-order valence-electron chi connectivity index (χ3n) is 6.15. The van der Waals surface area contributed by atoms with Crippen LogP contribution in [0.3, 0.4) is 0 Å². The number of rotatable bonds is 7. The zero-order valence-corrected chi connectivity index (χ0v) is 18.2. The Kier molecular flexibility index (Phi) is 6.62. The monoisotopic (exact) mass is 424 g/mol. The molecule has 2 amide bonds. The van der Waals surface area contributed by atoms with E-state index in [-0.39, 0.29) is 11.8 Å². The first-order chi connectivity index (χ1) is 15.6. The Morgan fingerprint density at radius 2 is 1.41 bits per heavy atom. The van der Waals surface area contributed by atoms with Gasteiger partial charge in [0.25, 0.3) is 11.8 Å². The van der Waals surface area contributed by atoms with Crippen molar-refractivity contribution < 1.29 is 9.59 Å². The third kappa shape index (κ3) is 4.41. The molecule has 1 saturated heterocycles. The van der Waals surface area contributed by atoms with Crippen molar-refractivity contribution in [1.82, 2.24) is 9.80 Å². The molecule has 1 fully saturated rings. The largest absolute Gasteiger partial charge is 0.283 e. The maximum absolute atomic E-state index is 14.1. The molecule has 0 radical (unpaired) electrons. The van der Waals surface area contributed by atoms with Crippen LogP contribution in [0.25, 0.3) is 0 Å². The molecule has 4 heteroatoms. The Labute approximate surface area is 189 Å². The fourth-order valence-electron chi connectivity index (χ4n) is 4.54. The van der Waals surface area contributed by atoms with Crippen molar-refractivity contribution in [3.05, 3.63) is 120 Å². The summed E-state index contributed by atoms with van der Waals surface area (Å²) in [5.74, 6) is -0.395. The van der Waals surface area contributed by atoms with E-state index in [1.807, 2.05) is 66.7 Å². The second-order valence-corrected chi connectivity index (χ2v) is 8.22. The topological polar surface area (TPSA) is 40.6 Å². The van der Waals surface area contributed by atoms with Gasteiger partial charge in [0.2, 0.25) is 0 Å². The van der Waals surface area contributed by atoms with E-state index in [1.54, 1.807) is 18.2 Å². The van der Waals surface area contributed by atoms with Gasteiger partial charge >= 0.3 is 0 Å². The number of benzene rings is 3. The molecule has 4 nitrogen and oxygen atoms in total. The molecule has 0 aliphatic carbocycles. The van der Waals surface area contributed by atoms with E-state index < -0.39 is 5.54 Å². The van der Waals surface area contributed by atoms with Gasteiger partial charge in [0.15, 0.2) is 0 Å². The van der Waals surface area contributed by atoms with E-state index >= 15 is 0 Å². The molecule has 0 saturated carbocycles. The minimum Gasteiger partial charge on any atom is -0.283 e. The Morgan fingerprint density at radius 3 is 2.00 bits per heavy atom. The van der Waals surface area contributed by atoms with Crippen LogP contribution in [0, 0.1) is 0 Å². The Balaban J connectivity index is 1.73. The lowest BCUT2D eigenvalue weighted by molar-refractivity contribution is -0.148. The van der Waals surface area contributed by atoms with Gasteiger partial charge in [-0.3, -0.25) is 19.4 Å². The highest BCUT2D eigenvalue weighted by atomic mass is 16.2. The highest BCUT2D eigenvalue weighted by molar-refractivity contribution is 6.08. The van der Waals surface area contributed by atoms with E-state index in [2.05, 4.69) is 23.6 Å². The summed E-state index contributed by atoms with van der Waals surface area (Å²) in [5, 5.41) is 0. The van der Waals surface area contributed by atoms with Gasteiger partial charge in [0.1, 0.15) is 5.54 Å². The summed E-state index contributed by atoms with van der Waals surface area (Å²) in [4.78, 5) is 31.0. The molecule has 0 unspecified atom stereocenters. The van der Waals surface area contributed by atoms with Crippen LogP contribution in [0.4, 0.5) is 0 Å². The summed E-state index contributed by atoms with van der Waals surface area (Å²) in [5.41, 5.74) is 1.87. The quantitative estimate of drug-likeness (QED) is 0.407. The minimum atomic E-state index is -0.873. The zero-order chi connectivity index (χ0) is 22.4. The second kappa shape index (κ2) is 9.75. The highest BCUT2D eigenvalue weighted by Gasteiger charge is 2.50. The maximum Gasteiger partial charge on any atom is 0.260 e. The standard InChI is InChI=1S/C28H28N2O2/c1-2-18-28(21-23-12-6-3-7-13-23)27(32)30(26(31)25-16-10-5-11-17-25)20-19-29(28)22-24-14-8-4-9-15-24/h2-17H,1,18-22H2/t28-/m1/s1. The first kappa shape index (κ1) is 21.7. The van der Waals surface area contributed by atoms with Crippen LogP contribution in [-0.4, -0.2) is 40.2 Å². The predicted molar refractivity (Wildman–Crippen MR) is 127 cm³/mol. The average molecular weight is 425 g/mol. The van der Waals surface area contributed by atoms with Gasteiger partial charge in [-0.05, 0) is 29.7 Å². The molecule has 32 heavy (non-hydrogen) atoms. The lowest BCUT2D eigenvalue weighted by Crippen LogP contribution is -2.67. The van der Waals surface area contributed by atoms with E-state index in [4.69, 9.17) is 0 Å².